The molecule has 28 heavy (non-hydrogen) atoms. The molecule has 3 aromatic carbocycles. The third-order valence-electron chi connectivity index (χ3n) is 4.32. The van der Waals surface area contributed by atoms with Crippen LogP contribution in [-0.2, 0) is 0 Å². The van der Waals surface area contributed by atoms with E-state index in [1.165, 1.54) is 12.3 Å². The Morgan fingerprint density at radius 2 is 1.64 bits per heavy atom. The third-order valence-corrected chi connectivity index (χ3v) is 5.11. The van der Waals surface area contributed by atoms with E-state index in [1.807, 2.05) is 0 Å². The predicted molar refractivity (Wildman–Crippen MR) is 112 cm³/mol. The number of phenolic OH excluding ortho intramolecular Hbond substituents is 1. The fraction of sp³-hybridized carbons (Fsp3) is 0. The van der Waals surface area contributed by atoms with Gasteiger partial charge in [-0.05, 0) is 48.5 Å². The fourth-order valence-corrected chi connectivity index (χ4v) is 3.53. The smallest absolute Gasteiger partial charge is 0.266 e. The molecule has 0 radical (unpaired) electrons. The second-order valence-corrected chi connectivity index (χ2v) is 7.41. The number of carbonyl (C=O) groups is 2. The quantitative estimate of drug-likeness (QED) is 0.427. The molecule has 0 atom stereocenters. The highest BCUT2D eigenvalue weighted by Crippen LogP contribution is 2.34. The SMILES string of the molecule is O=C1c2ccccc2C(=O)N1c1ccc(N=Cc2cc(Br)ccc2O)c(Cl)c1. The number of hydrogen-bond acceptors (Lipinski definition) is 4. The third kappa shape index (κ3) is 3.21. The van der Waals surface area contributed by atoms with Gasteiger partial charge in [-0.2, -0.15) is 0 Å². The fourth-order valence-electron chi connectivity index (χ4n) is 2.93. The number of anilines is 1. The molecule has 1 N–H and O–H groups in total. The number of fused-ring (bicyclic) bond motifs is 1. The van der Waals surface area contributed by atoms with Gasteiger partial charge in [0, 0.05) is 16.3 Å². The van der Waals surface area contributed by atoms with E-state index in [0.29, 0.717) is 28.1 Å². The van der Waals surface area contributed by atoms with Crippen molar-refractivity contribution in [2.24, 2.45) is 4.99 Å². The average molecular weight is 456 g/mol. The second kappa shape index (κ2) is 7.22. The summed E-state index contributed by atoms with van der Waals surface area (Å²) >= 11 is 9.66. The largest absolute Gasteiger partial charge is 0.507 e. The van der Waals surface area contributed by atoms with Crippen molar-refractivity contribution in [3.63, 3.8) is 0 Å². The topological polar surface area (TPSA) is 70.0 Å². The molecular weight excluding hydrogens is 444 g/mol. The van der Waals surface area contributed by atoms with E-state index in [9.17, 15) is 14.7 Å². The summed E-state index contributed by atoms with van der Waals surface area (Å²) in [6.07, 6.45) is 1.49. The highest BCUT2D eigenvalue weighted by Gasteiger charge is 2.36. The molecule has 0 aromatic heterocycles. The molecule has 0 unspecified atom stereocenters. The average Bonchev–Trinajstić information content (AvgIpc) is 2.94. The van der Waals surface area contributed by atoms with Gasteiger partial charge < -0.3 is 5.11 Å². The first-order valence-corrected chi connectivity index (χ1v) is 9.43. The van der Waals surface area contributed by atoms with Crippen molar-refractivity contribution in [1.29, 1.82) is 0 Å². The van der Waals surface area contributed by atoms with Gasteiger partial charge in [0.1, 0.15) is 5.75 Å². The molecule has 0 bridgehead atoms. The van der Waals surface area contributed by atoms with E-state index in [1.54, 1.807) is 54.6 Å². The van der Waals surface area contributed by atoms with Gasteiger partial charge in [0.2, 0.25) is 0 Å². The van der Waals surface area contributed by atoms with Crippen LogP contribution in [0, 0.1) is 0 Å². The van der Waals surface area contributed by atoms with Crippen LogP contribution in [0.4, 0.5) is 11.4 Å². The van der Waals surface area contributed by atoms with Crippen molar-refractivity contribution in [3.8, 4) is 5.75 Å². The zero-order valence-corrected chi connectivity index (χ0v) is 16.6. The highest BCUT2D eigenvalue weighted by atomic mass is 79.9. The molecule has 4 rings (SSSR count). The molecule has 5 nitrogen and oxygen atoms in total. The zero-order valence-electron chi connectivity index (χ0n) is 14.3. The van der Waals surface area contributed by atoms with Crippen molar-refractivity contribution in [1.82, 2.24) is 0 Å². The van der Waals surface area contributed by atoms with Gasteiger partial charge in [0.15, 0.2) is 0 Å². The van der Waals surface area contributed by atoms with Crippen LogP contribution in [0.3, 0.4) is 0 Å². The van der Waals surface area contributed by atoms with Crippen LogP contribution in [0.5, 0.6) is 5.75 Å². The van der Waals surface area contributed by atoms with Crippen molar-refractivity contribution in [3.05, 3.63) is 86.8 Å². The first kappa shape index (κ1) is 18.4. The predicted octanol–water partition coefficient (Wildman–Crippen LogP) is 5.36. The number of amides is 2. The molecule has 0 saturated heterocycles. The molecule has 1 aliphatic rings. The molecule has 0 fully saturated rings. The Hall–Kier alpha value is -2.96. The van der Waals surface area contributed by atoms with E-state index in [2.05, 4.69) is 20.9 Å². The van der Waals surface area contributed by atoms with E-state index in [0.717, 1.165) is 9.37 Å². The van der Waals surface area contributed by atoms with E-state index in [-0.39, 0.29) is 22.6 Å². The van der Waals surface area contributed by atoms with Crippen LogP contribution in [0.15, 0.2) is 70.1 Å². The maximum atomic E-state index is 12.6. The number of aliphatic imine (C=N–C) groups is 1. The molecule has 1 aliphatic heterocycles. The number of nitrogens with zero attached hydrogens (tertiary/aromatic N) is 2. The number of phenols is 1. The number of rotatable bonds is 3. The van der Waals surface area contributed by atoms with E-state index >= 15 is 0 Å². The van der Waals surface area contributed by atoms with Crippen LogP contribution in [0.2, 0.25) is 5.02 Å². The molecule has 0 spiro atoms. The number of carbonyl (C=O) groups excluding carboxylic acids is 2. The van der Waals surface area contributed by atoms with Crippen LogP contribution < -0.4 is 4.90 Å². The van der Waals surface area contributed by atoms with Gasteiger partial charge in [-0.3, -0.25) is 14.6 Å². The van der Waals surface area contributed by atoms with Crippen LogP contribution >= 0.6 is 27.5 Å². The molecule has 138 valence electrons. The van der Waals surface area contributed by atoms with Gasteiger partial charge in [0.25, 0.3) is 11.8 Å². The Labute approximate surface area is 174 Å². The minimum Gasteiger partial charge on any atom is -0.507 e. The summed E-state index contributed by atoms with van der Waals surface area (Å²) in [5, 5.41) is 10.2. The van der Waals surface area contributed by atoms with Gasteiger partial charge in [-0.1, -0.05) is 39.7 Å². The summed E-state index contributed by atoms with van der Waals surface area (Å²) in [7, 11) is 0. The lowest BCUT2D eigenvalue weighted by atomic mass is 10.1. The molecule has 1 heterocycles. The number of imide groups is 1. The standard InChI is InChI=1S/C21H12BrClN2O3/c22-13-5-8-19(26)12(9-13)11-24-18-7-6-14(10-17(18)23)25-20(27)15-3-1-2-4-16(15)21(25)28/h1-11,26H. The minimum absolute atomic E-state index is 0.0886. The molecular formula is C21H12BrClN2O3. The molecule has 0 aliphatic carbocycles. The Bertz CT molecular complexity index is 1130. The summed E-state index contributed by atoms with van der Waals surface area (Å²) in [5.74, 6) is -0.676. The highest BCUT2D eigenvalue weighted by molar-refractivity contribution is 9.10. The Morgan fingerprint density at radius 3 is 2.29 bits per heavy atom. The monoisotopic (exact) mass is 454 g/mol. The Balaban J connectivity index is 1.64. The normalized spacial score (nSPS) is 13.4. The first-order chi connectivity index (χ1) is 13.5. The van der Waals surface area contributed by atoms with Crippen molar-refractivity contribution >= 4 is 56.9 Å². The number of hydrogen-bond donors (Lipinski definition) is 1. The number of benzene rings is 3. The van der Waals surface area contributed by atoms with Crippen LogP contribution in [-0.4, -0.2) is 23.1 Å². The second-order valence-electron chi connectivity index (χ2n) is 6.09. The summed E-state index contributed by atoms with van der Waals surface area (Å²) in [5.41, 5.74) is 2.09. The first-order valence-electron chi connectivity index (χ1n) is 8.25. The molecule has 3 aromatic rings. The Morgan fingerprint density at radius 1 is 0.964 bits per heavy atom. The summed E-state index contributed by atoms with van der Waals surface area (Å²) in [6, 6.07) is 16.4. The summed E-state index contributed by atoms with van der Waals surface area (Å²) < 4.78 is 0.804. The molecule has 2 amide bonds. The van der Waals surface area contributed by atoms with E-state index in [4.69, 9.17) is 11.6 Å². The number of halogens is 2. The van der Waals surface area contributed by atoms with Crippen LogP contribution in [0.1, 0.15) is 26.3 Å². The van der Waals surface area contributed by atoms with Crippen molar-refractivity contribution in [2.75, 3.05) is 4.90 Å². The maximum Gasteiger partial charge on any atom is 0.266 e. The lowest BCUT2D eigenvalue weighted by molar-refractivity contribution is 0.0926. The lowest BCUT2D eigenvalue weighted by Gasteiger charge is -2.14. The number of aromatic hydroxyl groups is 1. The summed E-state index contributed by atoms with van der Waals surface area (Å²) in [4.78, 5) is 30.6. The minimum atomic E-state index is -0.382. The van der Waals surface area contributed by atoms with E-state index < -0.39 is 0 Å². The molecule has 0 saturated carbocycles. The Kier molecular flexibility index (Phi) is 4.75. The molecule has 7 heteroatoms. The van der Waals surface area contributed by atoms with Gasteiger partial charge in [-0.15, -0.1) is 0 Å². The van der Waals surface area contributed by atoms with Gasteiger partial charge in [-0.25, -0.2) is 4.90 Å². The lowest BCUT2D eigenvalue weighted by Crippen LogP contribution is -2.29. The van der Waals surface area contributed by atoms with Gasteiger partial charge in [0.05, 0.1) is 27.5 Å². The van der Waals surface area contributed by atoms with Crippen molar-refractivity contribution < 1.29 is 14.7 Å². The van der Waals surface area contributed by atoms with Gasteiger partial charge >= 0.3 is 0 Å². The maximum absolute atomic E-state index is 12.6. The summed E-state index contributed by atoms with van der Waals surface area (Å²) in [6.45, 7) is 0. The van der Waals surface area contributed by atoms with Crippen molar-refractivity contribution in [2.45, 2.75) is 0 Å². The van der Waals surface area contributed by atoms with Crippen LogP contribution in [0.25, 0.3) is 0 Å². The zero-order chi connectivity index (χ0) is 19.8.